The smallest absolute Gasteiger partial charge is 0.315 e. The molecular formula is C69H98O29. The van der Waals surface area contributed by atoms with Gasteiger partial charge in [-0.1, -0.05) is 53.2 Å². The van der Waals surface area contributed by atoms with E-state index in [9.17, 15) is 52.7 Å². The largest absolute Gasteiger partial charge is 0.463 e. The zero-order chi connectivity index (χ0) is 72.7. The summed E-state index contributed by atoms with van der Waals surface area (Å²) in [7, 11) is 0. The van der Waals surface area contributed by atoms with Gasteiger partial charge in [0.1, 0.15) is 37.1 Å². The molecule has 3 saturated heterocycles. The molecule has 5 aliphatic carbocycles. The molecule has 24 unspecified atom stereocenters. The first-order valence-electron chi connectivity index (χ1n) is 33.6. The topological polar surface area (TPSA) is 362 Å². The van der Waals surface area contributed by atoms with Crippen molar-refractivity contribution in [1.29, 1.82) is 0 Å². The Morgan fingerprint density at radius 3 is 1.41 bits per heavy atom. The van der Waals surface area contributed by atoms with E-state index < -0.39 is 210 Å². The van der Waals surface area contributed by atoms with Gasteiger partial charge in [0.25, 0.3) is 0 Å². The van der Waals surface area contributed by atoms with Gasteiger partial charge >= 0.3 is 71.6 Å². The molecule has 29 heteroatoms. The third-order valence-corrected chi connectivity index (χ3v) is 22.4. The lowest BCUT2D eigenvalue weighted by Crippen LogP contribution is -2.69. The van der Waals surface area contributed by atoms with Gasteiger partial charge < -0.3 is 80.5 Å². The van der Waals surface area contributed by atoms with Crippen LogP contribution in [0, 0.1) is 50.7 Å². The number of carbonyl (C=O) groups is 12. The number of hydrogen-bond donors (Lipinski definition) is 0. The highest BCUT2D eigenvalue weighted by Gasteiger charge is 2.73. The molecule has 98 heavy (non-hydrogen) atoms. The standard InChI is InChI=1S/C69H98O29/c1-32-21-26-69(63(81)97-62-58(92-42(11)79)55(89-39(8)76)52(87-37(6)74)47(94-62)30-83-34(3)71)28-27-66(16)44(59(69)68(32,18)98-43(12)80)19-20-49-65(15)24-23-50(64(13,14)48(65)22-25-67(49,66)17)95-60-56(90-40(9)77)53(45(31-84-60)85-35(4)72)96-61-57(91-41(10)78)54(88-38(7)75)51(86-36(5)73)46(93-61)29-82-33(2)70/h19,32,45-62H,20-31H2,1-18H3. The SMILES string of the molecule is CC(=O)OCC1OC(OC(=O)C23CCC(C)C(C)(OC(C)=O)C2C2=CCC4C5(C)CCC(OC6OCC(OC(C)=O)C(OC7OC(COC(C)=O)C(OC(C)=O)C(OC(C)=O)C7OC(C)=O)C6OC(C)=O)C(C)(C)C5CCC4(C)C2(C)CC3)C(OC(C)=O)C(OC(C)=O)C1OC(C)=O. The van der Waals surface area contributed by atoms with Gasteiger partial charge in [-0.05, 0) is 104 Å². The second-order valence-corrected chi connectivity index (χ2v) is 29.2. The van der Waals surface area contributed by atoms with Gasteiger partial charge in [0, 0.05) is 82.1 Å². The van der Waals surface area contributed by atoms with Gasteiger partial charge in [0.05, 0.1) is 18.1 Å². The van der Waals surface area contributed by atoms with Crippen molar-refractivity contribution in [3.63, 3.8) is 0 Å². The highest BCUT2D eigenvalue weighted by atomic mass is 16.8. The first kappa shape index (κ1) is 76.9. The van der Waals surface area contributed by atoms with Crippen LogP contribution >= 0.6 is 0 Å². The second-order valence-electron chi connectivity index (χ2n) is 29.2. The van der Waals surface area contributed by atoms with Crippen molar-refractivity contribution in [2.45, 2.75) is 280 Å². The van der Waals surface area contributed by atoms with Crippen LogP contribution in [0.2, 0.25) is 0 Å². The average Bonchev–Trinajstić information content (AvgIpc) is 0.670. The molecule has 0 spiro atoms. The van der Waals surface area contributed by atoms with Gasteiger partial charge in [-0.15, -0.1) is 0 Å². The molecule has 4 saturated carbocycles. The summed E-state index contributed by atoms with van der Waals surface area (Å²) in [5.74, 6) is -10.7. The minimum Gasteiger partial charge on any atom is -0.463 e. The van der Waals surface area contributed by atoms with Crippen molar-refractivity contribution in [1.82, 2.24) is 0 Å². The molecule has 29 nitrogen and oxygen atoms in total. The summed E-state index contributed by atoms with van der Waals surface area (Å²) < 4.78 is 102. The summed E-state index contributed by atoms with van der Waals surface area (Å²) >= 11 is 0. The molecule has 24 atom stereocenters. The van der Waals surface area contributed by atoms with Crippen molar-refractivity contribution >= 4 is 71.6 Å². The lowest BCUT2D eigenvalue weighted by atomic mass is 9.33. The van der Waals surface area contributed by atoms with Crippen LogP contribution in [0.15, 0.2) is 11.6 Å². The fraction of sp³-hybridized carbons (Fsp3) is 0.797. The van der Waals surface area contributed by atoms with E-state index in [-0.39, 0.29) is 42.6 Å². The monoisotopic (exact) mass is 1390 g/mol. The number of hydrogen-bond acceptors (Lipinski definition) is 29. The van der Waals surface area contributed by atoms with Crippen LogP contribution in [0.4, 0.5) is 0 Å². The quantitative estimate of drug-likeness (QED) is 0.0616. The fourth-order valence-corrected chi connectivity index (χ4v) is 18.3. The first-order chi connectivity index (χ1) is 45.6. The zero-order valence-electron chi connectivity index (χ0n) is 59.4. The predicted octanol–water partition coefficient (Wildman–Crippen LogP) is 6.03. The summed E-state index contributed by atoms with van der Waals surface area (Å²) in [4.78, 5) is 156. The minimum absolute atomic E-state index is 0.0180. The lowest BCUT2D eigenvalue weighted by molar-refractivity contribution is -0.358. The summed E-state index contributed by atoms with van der Waals surface area (Å²) in [6, 6.07) is 0. The highest BCUT2D eigenvalue weighted by Crippen LogP contribution is 2.77. The molecule has 0 bridgehead atoms. The van der Waals surface area contributed by atoms with Gasteiger partial charge in [-0.2, -0.15) is 0 Å². The van der Waals surface area contributed by atoms with Gasteiger partial charge in [-0.25, -0.2) is 0 Å². The molecule has 7 fully saturated rings. The Hall–Kier alpha value is -6.82. The molecule has 0 aromatic carbocycles. The number of allylic oxidation sites excluding steroid dienone is 1. The van der Waals surface area contributed by atoms with Crippen LogP contribution in [0.1, 0.15) is 182 Å². The van der Waals surface area contributed by atoms with E-state index in [1.54, 1.807) is 0 Å². The Morgan fingerprint density at radius 1 is 0.449 bits per heavy atom. The molecule has 8 aliphatic rings. The van der Waals surface area contributed by atoms with Gasteiger partial charge in [0.2, 0.25) is 12.4 Å². The van der Waals surface area contributed by atoms with Crippen LogP contribution in [-0.2, 0) is 138 Å². The van der Waals surface area contributed by atoms with E-state index in [0.717, 1.165) is 74.8 Å². The Labute approximate surface area is 570 Å². The van der Waals surface area contributed by atoms with Crippen LogP contribution in [0.5, 0.6) is 0 Å². The number of ether oxygens (including phenoxy) is 17. The van der Waals surface area contributed by atoms with Crippen molar-refractivity contribution < 1.29 is 138 Å². The second kappa shape index (κ2) is 29.8. The van der Waals surface area contributed by atoms with Crippen molar-refractivity contribution in [3.05, 3.63) is 11.6 Å². The fourth-order valence-electron chi connectivity index (χ4n) is 18.3. The van der Waals surface area contributed by atoms with E-state index in [0.29, 0.717) is 44.9 Å². The molecule has 0 amide bonds. The summed E-state index contributed by atoms with van der Waals surface area (Å²) in [5, 5.41) is 0. The number of rotatable bonds is 19. The Morgan fingerprint density at radius 2 is 0.918 bits per heavy atom. The van der Waals surface area contributed by atoms with Crippen LogP contribution < -0.4 is 0 Å². The minimum atomic E-state index is -1.81. The highest BCUT2D eigenvalue weighted by molar-refractivity contribution is 5.80. The van der Waals surface area contributed by atoms with Crippen LogP contribution in [0.25, 0.3) is 0 Å². The molecule has 0 aromatic rings. The van der Waals surface area contributed by atoms with Crippen LogP contribution in [-0.4, -0.2) is 189 Å². The van der Waals surface area contributed by atoms with Crippen molar-refractivity contribution in [3.8, 4) is 0 Å². The molecule has 3 heterocycles. The average molecular weight is 1390 g/mol. The van der Waals surface area contributed by atoms with E-state index in [2.05, 4.69) is 40.7 Å². The van der Waals surface area contributed by atoms with E-state index >= 15 is 4.79 Å². The molecular weight excluding hydrogens is 1290 g/mol. The summed E-state index contributed by atoms with van der Waals surface area (Å²) in [6.45, 7) is 25.9. The van der Waals surface area contributed by atoms with Crippen LogP contribution in [0.3, 0.4) is 0 Å². The third-order valence-electron chi connectivity index (χ3n) is 22.4. The first-order valence-corrected chi connectivity index (χ1v) is 33.6. The molecule has 0 N–H and O–H groups in total. The Bertz CT molecular complexity index is 3120. The van der Waals surface area contributed by atoms with Gasteiger partial charge in [0.15, 0.2) is 55.3 Å². The van der Waals surface area contributed by atoms with Crippen molar-refractivity contribution in [2.75, 3.05) is 19.8 Å². The third kappa shape index (κ3) is 15.4. The van der Waals surface area contributed by atoms with Gasteiger partial charge in [-0.3, -0.25) is 57.5 Å². The maximum Gasteiger partial charge on any atom is 0.315 e. The predicted molar refractivity (Wildman–Crippen MR) is 331 cm³/mol. The van der Waals surface area contributed by atoms with E-state index in [1.807, 2.05) is 13.8 Å². The molecule has 8 rings (SSSR count). The van der Waals surface area contributed by atoms with E-state index in [1.165, 1.54) is 6.92 Å². The summed E-state index contributed by atoms with van der Waals surface area (Å²) in [5.41, 5.74) is -3.90. The number of carbonyl (C=O) groups excluding carboxylic acids is 12. The Kier molecular flexibility index (Phi) is 23.4. The molecule has 548 valence electrons. The zero-order valence-corrected chi connectivity index (χ0v) is 59.4. The maximum atomic E-state index is 15.9. The molecule has 0 radical (unpaired) electrons. The normalized spacial score (nSPS) is 39.9. The maximum absolute atomic E-state index is 15.9. The van der Waals surface area contributed by atoms with Crippen molar-refractivity contribution in [2.24, 2.45) is 50.7 Å². The number of fused-ring (bicyclic) bond motifs is 7. The molecule has 3 aliphatic heterocycles. The Balaban J connectivity index is 1.12. The summed E-state index contributed by atoms with van der Waals surface area (Å²) in [6.07, 6.45) is -15.8. The van der Waals surface area contributed by atoms with E-state index in [4.69, 9.17) is 80.5 Å². The molecule has 0 aromatic heterocycles. The number of esters is 12. The lowest BCUT2D eigenvalue weighted by Gasteiger charge is -2.72.